The van der Waals surface area contributed by atoms with Gasteiger partial charge in [-0.25, -0.2) is 0 Å². The SMILES string of the molecule is O=c1[nH]c2ccc(C(Cl)c3ccoc3)cc2[nH]c1=O. The number of furan rings is 1. The van der Waals surface area contributed by atoms with Crippen LogP contribution in [-0.2, 0) is 0 Å². The summed E-state index contributed by atoms with van der Waals surface area (Å²) in [7, 11) is 0. The molecule has 19 heavy (non-hydrogen) atoms. The van der Waals surface area contributed by atoms with Crippen molar-refractivity contribution in [1.82, 2.24) is 9.97 Å². The summed E-state index contributed by atoms with van der Waals surface area (Å²) in [5, 5.41) is -0.376. The van der Waals surface area contributed by atoms with E-state index in [1.54, 1.807) is 36.8 Å². The topological polar surface area (TPSA) is 78.9 Å². The lowest BCUT2D eigenvalue weighted by atomic mass is 10.1. The molecule has 1 aromatic carbocycles. The number of aromatic amines is 2. The number of H-pyrrole nitrogens is 2. The zero-order valence-electron chi connectivity index (χ0n) is 9.64. The summed E-state index contributed by atoms with van der Waals surface area (Å²) in [5.41, 5.74) is 1.38. The van der Waals surface area contributed by atoms with Gasteiger partial charge >= 0.3 is 11.1 Å². The van der Waals surface area contributed by atoms with Gasteiger partial charge in [0.15, 0.2) is 0 Å². The number of alkyl halides is 1. The molecule has 0 bridgehead atoms. The van der Waals surface area contributed by atoms with Crippen LogP contribution in [0.5, 0.6) is 0 Å². The van der Waals surface area contributed by atoms with Crippen molar-refractivity contribution in [1.29, 1.82) is 0 Å². The Morgan fingerprint density at radius 1 is 1.00 bits per heavy atom. The number of benzene rings is 1. The molecule has 0 saturated carbocycles. The molecule has 5 nitrogen and oxygen atoms in total. The number of rotatable bonds is 2. The van der Waals surface area contributed by atoms with Crippen molar-refractivity contribution in [3.8, 4) is 0 Å². The van der Waals surface area contributed by atoms with Crippen LogP contribution in [0.4, 0.5) is 0 Å². The minimum absolute atomic E-state index is 0.376. The second kappa shape index (κ2) is 4.44. The molecule has 0 radical (unpaired) electrons. The average molecular weight is 277 g/mol. The Balaban J connectivity index is 2.14. The van der Waals surface area contributed by atoms with Crippen molar-refractivity contribution in [3.63, 3.8) is 0 Å². The molecule has 6 heteroatoms. The third kappa shape index (κ3) is 2.08. The molecule has 1 unspecified atom stereocenters. The molecule has 3 rings (SSSR count). The number of aromatic nitrogens is 2. The Hall–Kier alpha value is -2.27. The van der Waals surface area contributed by atoms with Crippen molar-refractivity contribution in [2.45, 2.75) is 5.38 Å². The van der Waals surface area contributed by atoms with Gasteiger partial charge in [0.2, 0.25) is 0 Å². The molecule has 96 valence electrons. The zero-order valence-corrected chi connectivity index (χ0v) is 10.4. The first-order valence-corrected chi connectivity index (χ1v) is 6.01. The van der Waals surface area contributed by atoms with E-state index in [4.69, 9.17) is 16.0 Å². The molecule has 0 saturated heterocycles. The first-order valence-electron chi connectivity index (χ1n) is 5.57. The zero-order chi connectivity index (χ0) is 13.4. The van der Waals surface area contributed by atoms with Gasteiger partial charge in [0.05, 0.1) is 28.9 Å². The van der Waals surface area contributed by atoms with Crippen LogP contribution in [-0.4, -0.2) is 9.97 Å². The number of nitrogens with one attached hydrogen (secondary N) is 2. The summed E-state index contributed by atoms with van der Waals surface area (Å²) >= 11 is 6.32. The van der Waals surface area contributed by atoms with Gasteiger partial charge in [-0.05, 0) is 23.8 Å². The highest BCUT2D eigenvalue weighted by Crippen LogP contribution is 2.29. The van der Waals surface area contributed by atoms with E-state index in [1.165, 1.54) is 0 Å². The van der Waals surface area contributed by atoms with Crippen LogP contribution in [0.2, 0.25) is 0 Å². The molecule has 3 aromatic rings. The molecule has 1 atom stereocenters. The molecule has 0 aliphatic heterocycles. The summed E-state index contributed by atoms with van der Waals surface area (Å²) in [6.45, 7) is 0. The molecule has 2 N–H and O–H groups in total. The summed E-state index contributed by atoms with van der Waals surface area (Å²) in [5.74, 6) is 0. The fourth-order valence-corrected chi connectivity index (χ4v) is 2.16. The van der Waals surface area contributed by atoms with Gasteiger partial charge in [-0.3, -0.25) is 9.59 Å². The van der Waals surface area contributed by atoms with Crippen LogP contribution in [0, 0.1) is 0 Å². The van der Waals surface area contributed by atoms with Crippen LogP contribution in [0.3, 0.4) is 0 Å². The quantitative estimate of drug-likeness (QED) is 0.556. The number of halogens is 1. The smallest absolute Gasteiger partial charge is 0.314 e. The molecule has 0 amide bonds. The third-order valence-electron chi connectivity index (χ3n) is 2.87. The first kappa shape index (κ1) is 11.8. The first-order chi connectivity index (χ1) is 9.15. The molecule has 2 aromatic heterocycles. The van der Waals surface area contributed by atoms with Gasteiger partial charge in [-0.1, -0.05) is 6.07 Å². The summed E-state index contributed by atoms with van der Waals surface area (Å²) in [6.07, 6.45) is 3.11. The largest absolute Gasteiger partial charge is 0.472 e. The van der Waals surface area contributed by atoms with E-state index in [-0.39, 0.29) is 5.38 Å². The lowest BCUT2D eigenvalue weighted by Gasteiger charge is -2.08. The minimum atomic E-state index is -0.681. The highest BCUT2D eigenvalue weighted by atomic mass is 35.5. The van der Waals surface area contributed by atoms with Crippen LogP contribution in [0.1, 0.15) is 16.5 Å². The van der Waals surface area contributed by atoms with Crippen LogP contribution >= 0.6 is 11.6 Å². The maximum absolute atomic E-state index is 11.3. The van der Waals surface area contributed by atoms with Crippen molar-refractivity contribution in [3.05, 3.63) is 68.6 Å². The van der Waals surface area contributed by atoms with Gasteiger partial charge in [-0.2, -0.15) is 0 Å². The van der Waals surface area contributed by atoms with Gasteiger partial charge in [0, 0.05) is 5.56 Å². The fraction of sp³-hybridized carbons (Fsp3) is 0.0769. The standard InChI is InChI=1S/C13H9ClN2O3/c14-11(8-3-4-19-6-8)7-1-2-9-10(5-7)16-13(18)12(17)15-9/h1-6,11H,(H,15,17)(H,16,18). The second-order valence-corrected chi connectivity index (χ2v) is 4.57. The lowest BCUT2D eigenvalue weighted by Crippen LogP contribution is -2.28. The maximum Gasteiger partial charge on any atom is 0.314 e. The average Bonchev–Trinajstić information content (AvgIpc) is 2.93. The number of fused-ring (bicyclic) bond motifs is 1. The predicted molar refractivity (Wildman–Crippen MR) is 71.6 cm³/mol. The van der Waals surface area contributed by atoms with Gasteiger partial charge in [0.1, 0.15) is 0 Å². The second-order valence-electron chi connectivity index (χ2n) is 4.13. The van der Waals surface area contributed by atoms with Gasteiger partial charge in [-0.15, -0.1) is 11.6 Å². The monoisotopic (exact) mass is 276 g/mol. The van der Waals surface area contributed by atoms with Crippen molar-refractivity contribution < 1.29 is 4.42 Å². The minimum Gasteiger partial charge on any atom is -0.472 e. The van der Waals surface area contributed by atoms with E-state index >= 15 is 0 Å². The van der Waals surface area contributed by atoms with E-state index in [2.05, 4.69) is 9.97 Å². The summed E-state index contributed by atoms with van der Waals surface area (Å²) < 4.78 is 4.99. The fourth-order valence-electron chi connectivity index (χ4n) is 1.90. The number of hydrogen-bond acceptors (Lipinski definition) is 3. The molecular weight excluding hydrogens is 268 g/mol. The molecule has 0 aliphatic carbocycles. The Morgan fingerprint density at radius 2 is 1.74 bits per heavy atom. The van der Waals surface area contributed by atoms with E-state index in [9.17, 15) is 9.59 Å². The maximum atomic E-state index is 11.3. The Kier molecular flexibility index (Phi) is 2.76. The molecule has 0 fully saturated rings. The van der Waals surface area contributed by atoms with Crippen LogP contribution in [0.15, 0.2) is 50.8 Å². The molecule has 0 spiro atoms. The van der Waals surface area contributed by atoms with Crippen molar-refractivity contribution in [2.75, 3.05) is 0 Å². The molecular formula is C13H9ClN2O3. The third-order valence-corrected chi connectivity index (χ3v) is 3.38. The Labute approximate surface area is 111 Å². The van der Waals surface area contributed by atoms with E-state index in [1.807, 2.05) is 0 Å². The predicted octanol–water partition coefficient (Wildman–Crippen LogP) is 2.14. The lowest BCUT2D eigenvalue weighted by molar-refractivity contribution is 0.564. The van der Waals surface area contributed by atoms with E-state index in [0.29, 0.717) is 11.0 Å². The summed E-state index contributed by atoms with van der Waals surface area (Å²) in [6, 6.07) is 7.01. The highest BCUT2D eigenvalue weighted by molar-refractivity contribution is 6.22. The van der Waals surface area contributed by atoms with Crippen LogP contribution in [0.25, 0.3) is 11.0 Å². The van der Waals surface area contributed by atoms with Gasteiger partial charge < -0.3 is 14.4 Å². The molecule has 2 heterocycles. The Morgan fingerprint density at radius 3 is 2.42 bits per heavy atom. The normalized spacial score (nSPS) is 12.7. The highest BCUT2D eigenvalue weighted by Gasteiger charge is 2.13. The van der Waals surface area contributed by atoms with E-state index in [0.717, 1.165) is 11.1 Å². The molecule has 0 aliphatic rings. The van der Waals surface area contributed by atoms with Crippen molar-refractivity contribution in [2.24, 2.45) is 0 Å². The summed E-state index contributed by atoms with van der Waals surface area (Å²) in [4.78, 5) is 27.5. The van der Waals surface area contributed by atoms with E-state index < -0.39 is 11.1 Å². The van der Waals surface area contributed by atoms with Gasteiger partial charge in [0.25, 0.3) is 0 Å². The van der Waals surface area contributed by atoms with Crippen LogP contribution < -0.4 is 11.1 Å². The van der Waals surface area contributed by atoms with Crippen molar-refractivity contribution >= 4 is 22.6 Å². The Bertz CT molecular complexity index is 833. The number of hydrogen-bond donors (Lipinski definition) is 2.